The molecule has 1 aromatic rings. The zero-order valence-electron chi connectivity index (χ0n) is 18.9. The molecule has 2 aliphatic rings. The van der Waals surface area contributed by atoms with Crippen molar-refractivity contribution in [2.45, 2.75) is 71.1 Å². The van der Waals surface area contributed by atoms with Crippen LogP contribution >= 0.6 is 11.6 Å². The molecule has 0 spiro atoms. The van der Waals surface area contributed by atoms with Gasteiger partial charge in [0.2, 0.25) is 5.91 Å². The predicted octanol–water partition coefficient (Wildman–Crippen LogP) is 3.62. The lowest BCUT2D eigenvalue weighted by Crippen LogP contribution is -2.47. The number of benzene rings is 1. The molecule has 0 bridgehead atoms. The fourth-order valence-electron chi connectivity index (χ4n) is 5.04. The fourth-order valence-corrected chi connectivity index (χ4v) is 5.26. The molecular weight excluding hydrogens is 396 g/mol. The molecule has 2 aliphatic heterocycles. The minimum Gasteiger partial charge on any atom is -0.342 e. The van der Waals surface area contributed by atoms with Crippen molar-refractivity contribution >= 4 is 17.5 Å². The third-order valence-corrected chi connectivity index (χ3v) is 6.87. The zero-order valence-corrected chi connectivity index (χ0v) is 19.7. The summed E-state index contributed by atoms with van der Waals surface area (Å²) in [5, 5.41) is 4.66. The first-order valence-corrected chi connectivity index (χ1v) is 12.2. The van der Waals surface area contributed by atoms with E-state index in [0.29, 0.717) is 12.1 Å². The van der Waals surface area contributed by atoms with Gasteiger partial charge in [0.25, 0.3) is 0 Å². The van der Waals surface area contributed by atoms with Crippen molar-refractivity contribution in [1.29, 1.82) is 0 Å². The van der Waals surface area contributed by atoms with Gasteiger partial charge in [-0.3, -0.25) is 9.69 Å². The van der Waals surface area contributed by atoms with Gasteiger partial charge in [-0.1, -0.05) is 30.7 Å². The monoisotopic (exact) mass is 434 g/mol. The van der Waals surface area contributed by atoms with Gasteiger partial charge >= 0.3 is 0 Å². The van der Waals surface area contributed by atoms with Crippen LogP contribution in [-0.4, -0.2) is 78.0 Å². The Labute approximate surface area is 187 Å². The molecule has 2 fully saturated rings. The van der Waals surface area contributed by atoms with Crippen molar-refractivity contribution in [2.24, 2.45) is 0 Å². The number of rotatable bonds is 9. The summed E-state index contributed by atoms with van der Waals surface area (Å²) in [4.78, 5) is 20.2. The summed E-state index contributed by atoms with van der Waals surface area (Å²) in [5.74, 6) is 0.268. The quantitative estimate of drug-likeness (QED) is 0.644. The molecular formula is C24H39ClN4O. The second-order valence-corrected chi connectivity index (χ2v) is 9.24. The molecule has 2 saturated heterocycles. The Kier molecular flexibility index (Phi) is 8.99. The third kappa shape index (κ3) is 6.19. The van der Waals surface area contributed by atoms with Gasteiger partial charge in [0.15, 0.2) is 0 Å². The van der Waals surface area contributed by atoms with Crippen LogP contribution in [0.3, 0.4) is 0 Å². The summed E-state index contributed by atoms with van der Waals surface area (Å²) in [6.07, 6.45) is 4.54. The van der Waals surface area contributed by atoms with E-state index in [4.69, 9.17) is 11.6 Å². The number of halogens is 1. The zero-order chi connectivity index (χ0) is 21.5. The SMILES string of the molecule is CCCN1CCC(N[C@@H]2C[C@@H](C(=O)N(CC)CC)N(Cc3cccc(Cl)c3)C2)CC1. The number of amides is 1. The van der Waals surface area contributed by atoms with E-state index < -0.39 is 0 Å². The molecule has 1 amide bonds. The van der Waals surface area contributed by atoms with E-state index in [1.54, 1.807) is 0 Å². The van der Waals surface area contributed by atoms with Crippen molar-refractivity contribution in [3.05, 3.63) is 34.9 Å². The third-order valence-electron chi connectivity index (χ3n) is 6.64. The largest absolute Gasteiger partial charge is 0.342 e. The van der Waals surface area contributed by atoms with E-state index in [9.17, 15) is 4.79 Å². The highest BCUT2D eigenvalue weighted by Gasteiger charge is 2.39. The number of piperidine rings is 1. The summed E-state index contributed by atoms with van der Waals surface area (Å²) in [7, 11) is 0. The Bertz CT molecular complexity index is 673. The molecule has 2 atom stereocenters. The van der Waals surface area contributed by atoms with E-state index in [0.717, 1.165) is 37.6 Å². The lowest BCUT2D eigenvalue weighted by Gasteiger charge is -2.33. The maximum Gasteiger partial charge on any atom is 0.239 e. The maximum atomic E-state index is 13.3. The second-order valence-electron chi connectivity index (χ2n) is 8.80. The Hall–Kier alpha value is -1.14. The summed E-state index contributed by atoms with van der Waals surface area (Å²) in [6, 6.07) is 8.91. The molecule has 0 unspecified atom stereocenters. The Morgan fingerprint density at radius 1 is 1.17 bits per heavy atom. The summed E-state index contributed by atoms with van der Waals surface area (Å²) >= 11 is 6.21. The predicted molar refractivity (Wildman–Crippen MR) is 125 cm³/mol. The second kappa shape index (κ2) is 11.5. The first kappa shape index (κ1) is 23.5. The van der Waals surface area contributed by atoms with Crippen LogP contribution in [0.15, 0.2) is 24.3 Å². The molecule has 5 nitrogen and oxygen atoms in total. The van der Waals surface area contributed by atoms with Crippen LogP contribution in [0.4, 0.5) is 0 Å². The van der Waals surface area contributed by atoms with E-state index in [1.165, 1.54) is 44.5 Å². The molecule has 1 N–H and O–H groups in total. The molecule has 2 heterocycles. The standard InChI is InChI=1S/C24H39ClN4O/c1-4-12-27-13-10-21(11-14-27)26-22-16-23(24(30)28(5-2)6-3)29(18-22)17-19-8-7-9-20(25)15-19/h7-9,15,21-23,26H,4-6,10-14,16-18H2,1-3H3/t22-,23+/m1/s1. The molecule has 1 aromatic carbocycles. The van der Waals surface area contributed by atoms with E-state index in [-0.39, 0.29) is 11.9 Å². The van der Waals surface area contributed by atoms with Crippen molar-refractivity contribution in [3.8, 4) is 0 Å². The highest BCUT2D eigenvalue weighted by Crippen LogP contribution is 2.25. The maximum absolute atomic E-state index is 13.3. The Morgan fingerprint density at radius 2 is 1.90 bits per heavy atom. The van der Waals surface area contributed by atoms with Crippen LogP contribution in [0, 0.1) is 0 Å². The van der Waals surface area contributed by atoms with Crippen LogP contribution in [0.5, 0.6) is 0 Å². The average Bonchev–Trinajstić information content (AvgIpc) is 3.12. The fraction of sp³-hybridized carbons (Fsp3) is 0.708. The first-order valence-electron chi connectivity index (χ1n) is 11.8. The van der Waals surface area contributed by atoms with Crippen LogP contribution in [0.25, 0.3) is 0 Å². The molecule has 0 aromatic heterocycles. The number of carbonyl (C=O) groups is 1. The van der Waals surface area contributed by atoms with Gasteiger partial charge in [-0.25, -0.2) is 0 Å². The van der Waals surface area contributed by atoms with Crippen molar-refractivity contribution in [2.75, 3.05) is 39.3 Å². The van der Waals surface area contributed by atoms with Gasteiger partial charge in [0.05, 0.1) is 6.04 Å². The number of hydrogen-bond donors (Lipinski definition) is 1. The number of likely N-dealkylation sites (tertiary alicyclic amines) is 2. The molecule has 3 rings (SSSR count). The smallest absolute Gasteiger partial charge is 0.239 e. The van der Waals surface area contributed by atoms with Gasteiger partial charge in [-0.2, -0.15) is 0 Å². The number of nitrogens with one attached hydrogen (secondary N) is 1. The topological polar surface area (TPSA) is 38.8 Å². The highest BCUT2D eigenvalue weighted by atomic mass is 35.5. The van der Waals surface area contributed by atoms with Crippen LogP contribution in [0.1, 0.15) is 52.0 Å². The molecule has 6 heteroatoms. The summed E-state index contributed by atoms with van der Waals surface area (Å²) in [5.41, 5.74) is 1.17. The van der Waals surface area contributed by atoms with Crippen LogP contribution in [0.2, 0.25) is 5.02 Å². The minimum absolute atomic E-state index is 0.0541. The normalized spacial score (nSPS) is 23.7. The van der Waals surface area contributed by atoms with E-state index in [2.05, 4.69) is 42.0 Å². The van der Waals surface area contributed by atoms with Crippen molar-refractivity contribution < 1.29 is 4.79 Å². The summed E-state index contributed by atoms with van der Waals surface area (Å²) < 4.78 is 0. The van der Waals surface area contributed by atoms with E-state index >= 15 is 0 Å². The van der Waals surface area contributed by atoms with Crippen LogP contribution in [-0.2, 0) is 11.3 Å². The van der Waals surface area contributed by atoms with Gasteiger partial charge < -0.3 is 15.1 Å². The van der Waals surface area contributed by atoms with Gasteiger partial charge in [0, 0.05) is 43.3 Å². The molecule has 30 heavy (non-hydrogen) atoms. The Morgan fingerprint density at radius 3 is 2.53 bits per heavy atom. The minimum atomic E-state index is -0.0541. The van der Waals surface area contributed by atoms with Crippen LogP contribution < -0.4 is 5.32 Å². The van der Waals surface area contributed by atoms with E-state index in [1.807, 2.05) is 23.1 Å². The van der Waals surface area contributed by atoms with Gasteiger partial charge in [-0.15, -0.1) is 0 Å². The highest BCUT2D eigenvalue weighted by molar-refractivity contribution is 6.30. The number of nitrogens with zero attached hydrogens (tertiary/aromatic N) is 3. The Balaban J connectivity index is 1.64. The lowest BCUT2D eigenvalue weighted by molar-refractivity contribution is -0.135. The van der Waals surface area contributed by atoms with Crippen molar-refractivity contribution in [1.82, 2.24) is 20.0 Å². The number of carbonyl (C=O) groups excluding carboxylic acids is 1. The van der Waals surface area contributed by atoms with Gasteiger partial charge in [-0.05, 0) is 76.9 Å². The molecule has 0 saturated carbocycles. The molecule has 0 radical (unpaired) electrons. The number of likely N-dealkylation sites (N-methyl/N-ethyl adjacent to an activating group) is 1. The van der Waals surface area contributed by atoms with Gasteiger partial charge in [0.1, 0.15) is 0 Å². The average molecular weight is 435 g/mol. The summed E-state index contributed by atoms with van der Waals surface area (Å²) in [6.45, 7) is 13.2. The lowest BCUT2D eigenvalue weighted by atomic mass is 10.0. The molecule has 0 aliphatic carbocycles. The number of hydrogen-bond acceptors (Lipinski definition) is 4. The van der Waals surface area contributed by atoms with Crippen molar-refractivity contribution in [3.63, 3.8) is 0 Å². The molecule has 168 valence electrons. The first-order chi connectivity index (χ1) is 14.5.